The van der Waals surface area contributed by atoms with Crippen molar-refractivity contribution in [3.8, 4) is 0 Å². The van der Waals surface area contributed by atoms with E-state index in [2.05, 4.69) is 12.2 Å². The van der Waals surface area contributed by atoms with E-state index in [1.807, 2.05) is 30.3 Å². The Morgan fingerprint density at radius 1 is 1.46 bits per heavy atom. The molecular formula is C11H14NO. The van der Waals surface area contributed by atoms with Crippen molar-refractivity contribution in [1.82, 2.24) is 5.32 Å². The van der Waals surface area contributed by atoms with E-state index in [1.165, 1.54) is 12.5 Å². The standard InChI is InChI=1S/C11H14NO/c1-9(12-10(2)13)8-11-6-4-3-5-7-11/h3-7,9H,1,8H2,2H3,(H,12,13). The summed E-state index contributed by atoms with van der Waals surface area (Å²) < 4.78 is 0. The highest BCUT2D eigenvalue weighted by atomic mass is 16.1. The first-order valence-corrected chi connectivity index (χ1v) is 4.32. The molecule has 0 aliphatic rings. The van der Waals surface area contributed by atoms with Crippen molar-refractivity contribution >= 4 is 5.91 Å². The minimum atomic E-state index is -0.0418. The summed E-state index contributed by atoms with van der Waals surface area (Å²) in [4.78, 5) is 10.7. The topological polar surface area (TPSA) is 29.1 Å². The van der Waals surface area contributed by atoms with Gasteiger partial charge in [0.15, 0.2) is 0 Å². The first-order valence-electron chi connectivity index (χ1n) is 4.32. The lowest BCUT2D eigenvalue weighted by Crippen LogP contribution is -2.32. The zero-order valence-corrected chi connectivity index (χ0v) is 7.79. The van der Waals surface area contributed by atoms with E-state index < -0.39 is 0 Å². The predicted octanol–water partition coefficient (Wildman–Crippen LogP) is 1.57. The Morgan fingerprint density at radius 3 is 2.62 bits per heavy atom. The second kappa shape index (κ2) is 4.65. The number of amides is 1. The van der Waals surface area contributed by atoms with Gasteiger partial charge in [0.05, 0.1) is 0 Å². The fraction of sp³-hybridized carbons (Fsp3) is 0.273. The summed E-state index contributed by atoms with van der Waals surface area (Å²) in [6.45, 7) is 5.34. The third kappa shape index (κ3) is 3.74. The maximum absolute atomic E-state index is 10.7. The van der Waals surface area contributed by atoms with Gasteiger partial charge in [0.2, 0.25) is 5.91 Å². The summed E-state index contributed by atoms with van der Waals surface area (Å²) in [6, 6.07) is 9.95. The minimum absolute atomic E-state index is 0.0315. The summed E-state index contributed by atoms with van der Waals surface area (Å²) in [5, 5.41) is 2.74. The van der Waals surface area contributed by atoms with Gasteiger partial charge in [-0.3, -0.25) is 4.79 Å². The molecule has 0 aromatic heterocycles. The summed E-state index contributed by atoms with van der Waals surface area (Å²) in [7, 11) is 0. The van der Waals surface area contributed by atoms with Crippen LogP contribution in [0.15, 0.2) is 30.3 Å². The van der Waals surface area contributed by atoms with E-state index in [9.17, 15) is 4.79 Å². The van der Waals surface area contributed by atoms with Crippen LogP contribution in [0.1, 0.15) is 12.5 Å². The van der Waals surface area contributed by atoms with Crippen LogP contribution in [0, 0.1) is 6.92 Å². The van der Waals surface area contributed by atoms with Crippen LogP contribution in [0.3, 0.4) is 0 Å². The van der Waals surface area contributed by atoms with Crippen molar-refractivity contribution in [2.24, 2.45) is 0 Å². The molecule has 1 rings (SSSR count). The van der Waals surface area contributed by atoms with Crippen LogP contribution in [-0.2, 0) is 11.2 Å². The van der Waals surface area contributed by atoms with Crippen LogP contribution in [-0.4, -0.2) is 11.9 Å². The molecule has 1 unspecified atom stereocenters. The molecule has 0 bridgehead atoms. The summed E-state index contributed by atoms with van der Waals surface area (Å²) >= 11 is 0. The molecule has 0 saturated heterocycles. The van der Waals surface area contributed by atoms with E-state index in [-0.39, 0.29) is 11.9 Å². The number of hydrogen-bond acceptors (Lipinski definition) is 1. The van der Waals surface area contributed by atoms with Gasteiger partial charge in [-0.25, -0.2) is 0 Å². The lowest BCUT2D eigenvalue weighted by Gasteiger charge is -2.11. The van der Waals surface area contributed by atoms with Gasteiger partial charge in [0.1, 0.15) is 0 Å². The summed E-state index contributed by atoms with van der Waals surface area (Å²) in [5.41, 5.74) is 1.19. The lowest BCUT2D eigenvalue weighted by atomic mass is 10.1. The first-order chi connectivity index (χ1) is 6.18. The van der Waals surface area contributed by atoms with Crippen molar-refractivity contribution in [2.45, 2.75) is 19.4 Å². The molecule has 0 fully saturated rings. The van der Waals surface area contributed by atoms with Gasteiger partial charge >= 0.3 is 0 Å². The second-order valence-electron chi connectivity index (χ2n) is 3.09. The van der Waals surface area contributed by atoms with Crippen LogP contribution < -0.4 is 5.32 Å². The highest BCUT2D eigenvalue weighted by Gasteiger charge is 2.03. The maximum atomic E-state index is 10.7. The Bertz CT molecular complexity index is 269. The number of benzene rings is 1. The monoisotopic (exact) mass is 176 g/mol. The number of hydrogen-bond donors (Lipinski definition) is 1. The van der Waals surface area contributed by atoms with Crippen molar-refractivity contribution in [1.29, 1.82) is 0 Å². The van der Waals surface area contributed by atoms with Crippen molar-refractivity contribution < 1.29 is 4.79 Å². The average Bonchev–Trinajstić information content (AvgIpc) is 2.04. The largest absolute Gasteiger partial charge is 0.353 e. The fourth-order valence-corrected chi connectivity index (χ4v) is 1.24. The highest BCUT2D eigenvalue weighted by Crippen LogP contribution is 2.01. The number of carbonyl (C=O) groups excluding carboxylic acids is 1. The fourth-order valence-electron chi connectivity index (χ4n) is 1.24. The maximum Gasteiger partial charge on any atom is 0.217 e. The molecule has 1 aromatic rings. The minimum Gasteiger partial charge on any atom is -0.353 e. The zero-order valence-electron chi connectivity index (χ0n) is 7.79. The SMILES string of the molecule is [CH2]C(Cc1ccccc1)NC(C)=O. The van der Waals surface area contributed by atoms with Crippen molar-refractivity contribution in [3.63, 3.8) is 0 Å². The normalized spacial score (nSPS) is 12.2. The Labute approximate surface area is 79.0 Å². The molecule has 13 heavy (non-hydrogen) atoms. The van der Waals surface area contributed by atoms with Gasteiger partial charge < -0.3 is 5.32 Å². The second-order valence-corrected chi connectivity index (χ2v) is 3.09. The van der Waals surface area contributed by atoms with Gasteiger partial charge in [-0.2, -0.15) is 0 Å². The van der Waals surface area contributed by atoms with Crippen LogP contribution in [0.4, 0.5) is 0 Å². The smallest absolute Gasteiger partial charge is 0.217 e. The Kier molecular flexibility index (Phi) is 3.50. The Hall–Kier alpha value is -1.31. The molecule has 0 spiro atoms. The van der Waals surface area contributed by atoms with Gasteiger partial charge in [-0.05, 0) is 18.9 Å². The van der Waals surface area contributed by atoms with Crippen LogP contribution >= 0.6 is 0 Å². The molecule has 0 aliphatic heterocycles. The van der Waals surface area contributed by atoms with Crippen LogP contribution in [0.5, 0.6) is 0 Å². The lowest BCUT2D eigenvalue weighted by molar-refractivity contribution is -0.119. The third-order valence-corrected chi connectivity index (χ3v) is 1.73. The molecule has 2 heteroatoms. The van der Waals surface area contributed by atoms with E-state index in [0.29, 0.717) is 0 Å². The first kappa shape index (κ1) is 9.78. The molecule has 1 N–H and O–H groups in total. The molecule has 1 radical (unpaired) electrons. The van der Waals surface area contributed by atoms with Crippen LogP contribution in [0.2, 0.25) is 0 Å². The van der Waals surface area contributed by atoms with Gasteiger partial charge in [0.25, 0.3) is 0 Å². The zero-order chi connectivity index (χ0) is 9.68. The van der Waals surface area contributed by atoms with E-state index in [4.69, 9.17) is 0 Å². The predicted molar refractivity (Wildman–Crippen MR) is 53.1 cm³/mol. The Morgan fingerprint density at radius 2 is 2.08 bits per heavy atom. The summed E-state index contributed by atoms with van der Waals surface area (Å²) in [5.74, 6) is -0.0315. The van der Waals surface area contributed by atoms with Crippen LogP contribution in [0.25, 0.3) is 0 Å². The quantitative estimate of drug-likeness (QED) is 0.744. The van der Waals surface area contributed by atoms with E-state index in [0.717, 1.165) is 6.42 Å². The molecule has 0 heterocycles. The molecule has 0 aliphatic carbocycles. The molecule has 1 aromatic carbocycles. The number of rotatable bonds is 3. The van der Waals surface area contributed by atoms with Crippen molar-refractivity contribution in [3.05, 3.63) is 42.8 Å². The van der Waals surface area contributed by atoms with E-state index in [1.54, 1.807) is 0 Å². The molecular weight excluding hydrogens is 162 g/mol. The average molecular weight is 176 g/mol. The molecule has 0 saturated carbocycles. The number of carbonyl (C=O) groups is 1. The molecule has 1 atom stereocenters. The molecule has 2 nitrogen and oxygen atoms in total. The van der Waals surface area contributed by atoms with Crippen molar-refractivity contribution in [2.75, 3.05) is 0 Å². The molecule has 1 amide bonds. The van der Waals surface area contributed by atoms with Gasteiger partial charge in [-0.15, -0.1) is 0 Å². The highest BCUT2D eigenvalue weighted by molar-refractivity contribution is 5.73. The van der Waals surface area contributed by atoms with E-state index >= 15 is 0 Å². The Balaban J connectivity index is 2.45. The summed E-state index contributed by atoms with van der Waals surface area (Å²) in [6.07, 6.45) is 0.778. The van der Waals surface area contributed by atoms with Gasteiger partial charge in [0, 0.05) is 13.0 Å². The molecule has 69 valence electrons. The third-order valence-electron chi connectivity index (χ3n) is 1.73. The van der Waals surface area contributed by atoms with Gasteiger partial charge in [-0.1, -0.05) is 30.3 Å². The number of nitrogens with one attached hydrogen (secondary N) is 1.